The Morgan fingerprint density at radius 3 is 1.74 bits per heavy atom. The van der Waals surface area contributed by atoms with Crippen LogP contribution in [-0.4, -0.2) is 4.98 Å². The highest BCUT2D eigenvalue weighted by Crippen LogP contribution is 2.57. The normalized spacial score (nSPS) is 13.1. The van der Waals surface area contributed by atoms with Crippen molar-refractivity contribution in [2.75, 3.05) is 0 Å². The Labute approximate surface area is 308 Å². The van der Waals surface area contributed by atoms with Crippen LogP contribution in [0.25, 0.3) is 76.7 Å². The number of hydrogen-bond donors (Lipinski definition) is 0. The number of benzene rings is 9. The van der Waals surface area contributed by atoms with Gasteiger partial charge in [-0.3, -0.25) is 0 Å². The molecule has 1 aliphatic carbocycles. The highest BCUT2D eigenvalue weighted by molar-refractivity contribution is 6.25. The Hall–Kier alpha value is -6.83. The van der Waals surface area contributed by atoms with E-state index in [4.69, 9.17) is 4.98 Å². The molecule has 1 aliphatic rings. The van der Waals surface area contributed by atoms with Gasteiger partial charge in [-0.25, -0.2) is 4.98 Å². The largest absolute Gasteiger partial charge is 0.247 e. The van der Waals surface area contributed by atoms with Crippen molar-refractivity contribution in [3.05, 3.63) is 222 Å². The number of pyridine rings is 1. The summed E-state index contributed by atoms with van der Waals surface area (Å²) in [6, 6.07) is 73.5. The van der Waals surface area contributed by atoms with Crippen molar-refractivity contribution in [1.82, 2.24) is 4.98 Å². The van der Waals surface area contributed by atoms with Crippen molar-refractivity contribution in [3.8, 4) is 33.5 Å². The van der Waals surface area contributed by atoms with Crippen LogP contribution in [0.2, 0.25) is 0 Å². The molecular weight excluding hydrogens is 639 g/mol. The van der Waals surface area contributed by atoms with E-state index in [1.54, 1.807) is 0 Å². The van der Waals surface area contributed by atoms with Crippen molar-refractivity contribution in [2.24, 2.45) is 0 Å². The van der Waals surface area contributed by atoms with E-state index < -0.39 is 5.41 Å². The van der Waals surface area contributed by atoms with Gasteiger partial charge in [-0.15, -0.1) is 0 Å². The van der Waals surface area contributed by atoms with Gasteiger partial charge in [0.2, 0.25) is 0 Å². The third-order valence-corrected chi connectivity index (χ3v) is 11.5. The quantitative estimate of drug-likeness (QED) is 0.170. The lowest BCUT2D eigenvalue weighted by atomic mass is 9.67. The van der Waals surface area contributed by atoms with Gasteiger partial charge in [-0.2, -0.15) is 0 Å². The molecule has 0 radical (unpaired) electrons. The molecular formula is C52H33N. The Balaban J connectivity index is 1.24. The van der Waals surface area contributed by atoms with E-state index in [1.807, 2.05) is 0 Å². The molecule has 53 heavy (non-hydrogen) atoms. The predicted octanol–water partition coefficient (Wildman–Crippen LogP) is 13.4. The zero-order chi connectivity index (χ0) is 34.9. The second kappa shape index (κ2) is 11.6. The maximum absolute atomic E-state index is 5.41. The summed E-state index contributed by atoms with van der Waals surface area (Å²) >= 11 is 0. The van der Waals surface area contributed by atoms with Crippen LogP contribution in [0.15, 0.2) is 200 Å². The number of fused-ring (bicyclic) bond motifs is 9. The van der Waals surface area contributed by atoms with Crippen LogP contribution in [0.3, 0.4) is 0 Å². The van der Waals surface area contributed by atoms with E-state index in [0.29, 0.717) is 0 Å². The van der Waals surface area contributed by atoms with Crippen LogP contribution in [0.1, 0.15) is 22.3 Å². The molecule has 1 aromatic heterocycles. The average Bonchev–Trinajstić information content (AvgIpc) is 3.53. The standard InChI is InChI=1S/C52H33N/c1-3-17-38(18-4-1)52(39-19-5-2-6-20-39)47-25-13-11-22-41(47)42-30-29-36(32-48(42)52)45-33-46-50(43-23-10-9-21-40(43)45)44-24-12-14-26-49(44)53-51(46)37-28-27-34-15-7-8-16-35(34)31-37/h1-33H. The fourth-order valence-corrected chi connectivity index (χ4v) is 9.22. The fraction of sp³-hybridized carbons (Fsp3) is 0.0192. The molecule has 0 saturated carbocycles. The monoisotopic (exact) mass is 671 g/mol. The highest BCUT2D eigenvalue weighted by atomic mass is 14.7. The summed E-state index contributed by atoms with van der Waals surface area (Å²) < 4.78 is 0. The lowest BCUT2D eigenvalue weighted by molar-refractivity contribution is 0.769. The first kappa shape index (κ1) is 29.9. The minimum absolute atomic E-state index is 0.467. The molecule has 0 spiro atoms. The second-order valence-corrected chi connectivity index (χ2v) is 14.2. The van der Waals surface area contributed by atoms with E-state index in [1.165, 1.54) is 76.8 Å². The molecule has 0 saturated heterocycles. The molecule has 0 aliphatic heterocycles. The number of para-hydroxylation sites is 1. The molecule has 1 heterocycles. The third-order valence-electron chi connectivity index (χ3n) is 11.5. The third kappa shape index (κ3) is 4.35. The molecule has 0 unspecified atom stereocenters. The molecule has 0 N–H and O–H groups in total. The van der Waals surface area contributed by atoms with E-state index in [0.717, 1.165) is 22.2 Å². The molecule has 1 heteroatoms. The van der Waals surface area contributed by atoms with Crippen molar-refractivity contribution < 1.29 is 0 Å². The minimum atomic E-state index is -0.467. The predicted molar refractivity (Wildman–Crippen MR) is 222 cm³/mol. The first-order valence-corrected chi connectivity index (χ1v) is 18.4. The van der Waals surface area contributed by atoms with Crippen molar-refractivity contribution >= 4 is 43.2 Å². The maximum Gasteiger partial charge on any atom is 0.0788 e. The summed E-state index contributed by atoms with van der Waals surface area (Å²) in [6.45, 7) is 0. The van der Waals surface area contributed by atoms with Crippen LogP contribution in [0.4, 0.5) is 0 Å². The Morgan fingerprint density at radius 2 is 0.943 bits per heavy atom. The van der Waals surface area contributed by atoms with Gasteiger partial charge in [-0.1, -0.05) is 176 Å². The number of aromatic nitrogens is 1. The van der Waals surface area contributed by atoms with E-state index in [9.17, 15) is 0 Å². The SMILES string of the molecule is c1ccc(C2(c3ccccc3)c3ccccc3-c3ccc(-c4cc5c(-c6ccc7ccccc7c6)nc6ccccc6c5c5ccccc45)cc32)cc1. The fourth-order valence-electron chi connectivity index (χ4n) is 9.22. The van der Waals surface area contributed by atoms with Gasteiger partial charge in [-0.05, 0) is 90.3 Å². The van der Waals surface area contributed by atoms with Gasteiger partial charge in [0.1, 0.15) is 0 Å². The lowest BCUT2D eigenvalue weighted by Gasteiger charge is -2.34. The average molecular weight is 672 g/mol. The number of hydrogen-bond acceptors (Lipinski definition) is 1. The van der Waals surface area contributed by atoms with Gasteiger partial charge in [0.25, 0.3) is 0 Å². The first-order valence-electron chi connectivity index (χ1n) is 18.4. The smallest absolute Gasteiger partial charge is 0.0788 e. The number of nitrogens with zero attached hydrogens (tertiary/aromatic N) is 1. The molecule has 0 bridgehead atoms. The van der Waals surface area contributed by atoms with E-state index >= 15 is 0 Å². The second-order valence-electron chi connectivity index (χ2n) is 14.2. The summed E-state index contributed by atoms with van der Waals surface area (Å²) in [7, 11) is 0. The van der Waals surface area contributed by atoms with Crippen LogP contribution < -0.4 is 0 Å². The molecule has 246 valence electrons. The molecule has 0 atom stereocenters. The van der Waals surface area contributed by atoms with Crippen molar-refractivity contribution in [1.29, 1.82) is 0 Å². The molecule has 10 aromatic rings. The van der Waals surface area contributed by atoms with E-state index in [2.05, 4.69) is 200 Å². The van der Waals surface area contributed by atoms with Crippen molar-refractivity contribution in [2.45, 2.75) is 5.41 Å². The maximum atomic E-state index is 5.41. The van der Waals surface area contributed by atoms with Crippen LogP contribution in [0, 0.1) is 0 Å². The van der Waals surface area contributed by atoms with Crippen molar-refractivity contribution in [3.63, 3.8) is 0 Å². The van der Waals surface area contributed by atoms with Gasteiger partial charge in [0.15, 0.2) is 0 Å². The lowest BCUT2D eigenvalue weighted by Crippen LogP contribution is -2.28. The zero-order valence-corrected chi connectivity index (χ0v) is 29.0. The zero-order valence-electron chi connectivity index (χ0n) is 29.0. The molecule has 0 amide bonds. The summed E-state index contributed by atoms with van der Waals surface area (Å²) in [6.07, 6.45) is 0. The summed E-state index contributed by atoms with van der Waals surface area (Å²) in [4.78, 5) is 5.41. The van der Waals surface area contributed by atoms with Crippen LogP contribution in [-0.2, 0) is 5.41 Å². The van der Waals surface area contributed by atoms with E-state index in [-0.39, 0.29) is 0 Å². The minimum Gasteiger partial charge on any atom is -0.247 e. The highest BCUT2D eigenvalue weighted by Gasteiger charge is 2.46. The molecule has 0 fully saturated rings. The summed E-state index contributed by atoms with van der Waals surface area (Å²) in [5.74, 6) is 0. The number of rotatable bonds is 4. The summed E-state index contributed by atoms with van der Waals surface area (Å²) in [5.41, 5.74) is 12.8. The Bertz CT molecular complexity index is 3010. The van der Waals surface area contributed by atoms with Gasteiger partial charge < -0.3 is 0 Å². The molecule has 1 nitrogen and oxygen atoms in total. The first-order chi connectivity index (χ1) is 26.3. The Morgan fingerprint density at radius 1 is 0.340 bits per heavy atom. The Kier molecular flexibility index (Phi) is 6.53. The van der Waals surface area contributed by atoms with Crippen LogP contribution >= 0.6 is 0 Å². The van der Waals surface area contributed by atoms with Gasteiger partial charge >= 0.3 is 0 Å². The topological polar surface area (TPSA) is 12.9 Å². The van der Waals surface area contributed by atoms with Gasteiger partial charge in [0, 0.05) is 21.7 Å². The summed E-state index contributed by atoms with van der Waals surface area (Å²) in [5, 5.41) is 8.50. The van der Waals surface area contributed by atoms with Crippen LogP contribution in [0.5, 0.6) is 0 Å². The van der Waals surface area contributed by atoms with Gasteiger partial charge in [0.05, 0.1) is 16.6 Å². The molecule has 9 aromatic carbocycles. The molecule has 11 rings (SSSR count).